The van der Waals surface area contributed by atoms with Crippen molar-refractivity contribution >= 4 is 17.7 Å². The van der Waals surface area contributed by atoms with E-state index in [0.29, 0.717) is 17.6 Å². The van der Waals surface area contributed by atoms with Crippen LogP contribution in [-0.2, 0) is 21.6 Å². The molecule has 4 rings (SSSR count). The maximum Gasteiger partial charge on any atom is 0.408 e. The summed E-state index contributed by atoms with van der Waals surface area (Å²) in [5.74, 6) is 0.0403. The van der Waals surface area contributed by atoms with Crippen molar-refractivity contribution in [3.8, 4) is 0 Å². The van der Waals surface area contributed by atoms with Crippen LogP contribution in [0.15, 0.2) is 72.6 Å². The molecule has 2 amide bonds. The fourth-order valence-electron chi connectivity index (χ4n) is 5.22. The number of ether oxygens (including phenoxy) is 1. The van der Waals surface area contributed by atoms with Gasteiger partial charge < -0.3 is 31.0 Å². The summed E-state index contributed by atoms with van der Waals surface area (Å²) >= 11 is 0. The summed E-state index contributed by atoms with van der Waals surface area (Å²) in [5.41, 5.74) is 1.66. The normalized spacial score (nSPS) is 18.4. The van der Waals surface area contributed by atoms with Crippen LogP contribution in [0.5, 0.6) is 0 Å². The largest absolute Gasteiger partial charge is 0.445 e. The Morgan fingerprint density at radius 3 is 2.23 bits per heavy atom. The molecule has 2 aliphatic rings. The smallest absolute Gasteiger partial charge is 0.408 e. The Balaban J connectivity index is 1.46. The first-order valence-corrected chi connectivity index (χ1v) is 14.2. The minimum atomic E-state index is -0.840. The van der Waals surface area contributed by atoms with Gasteiger partial charge in [0, 0.05) is 28.8 Å². The van der Waals surface area contributed by atoms with Crippen LogP contribution < -0.4 is 16.0 Å². The molecule has 0 aromatic heterocycles. The maximum absolute atomic E-state index is 13.1. The molecule has 1 saturated carbocycles. The average Bonchev–Trinajstić information content (AvgIpc) is 3.78. The third kappa shape index (κ3) is 7.94. The second-order valence-electron chi connectivity index (χ2n) is 12.0. The Hall–Kier alpha value is -3.65. The molecule has 0 spiro atoms. The van der Waals surface area contributed by atoms with Gasteiger partial charge in [0.2, 0.25) is 5.91 Å². The molecule has 4 N–H and O–H groups in total. The molecule has 8 heteroatoms. The van der Waals surface area contributed by atoms with Gasteiger partial charge in [0.05, 0.1) is 0 Å². The Morgan fingerprint density at radius 1 is 1.05 bits per heavy atom. The van der Waals surface area contributed by atoms with Gasteiger partial charge in [-0.2, -0.15) is 0 Å². The van der Waals surface area contributed by atoms with E-state index < -0.39 is 23.5 Å². The van der Waals surface area contributed by atoms with Crippen molar-refractivity contribution in [1.29, 1.82) is 5.41 Å². The summed E-state index contributed by atoms with van der Waals surface area (Å²) in [6.45, 7) is 9.64. The molecular weight excluding hydrogens is 502 g/mol. The van der Waals surface area contributed by atoms with E-state index in [9.17, 15) is 15.0 Å². The lowest BCUT2D eigenvalue weighted by molar-refractivity contribution is -0.122. The van der Waals surface area contributed by atoms with E-state index in [4.69, 9.17) is 4.74 Å². The summed E-state index contributed by atoms with van der Waals surface area (Å²) in [4.78, 5) is 28.0. The molecule has 0 unspecified atom stereocenters. The zero-order chi connectivity index (χ0) is 28.8. The molecule has 2 aromatic rings. The van der Waals surface area contributed by atoms with Crippen molar-refractivity contribution < 1.29 is 14.3 Å². The van der Waals surface area contributed by atoms with E-state index in [0.717, 1.165) is 37.1 Å². The third-order valence-electron chi connectivity index (χ3n) is 7.55. The molecule has 40 heavy (non-hydrogen) atoms. The minimum Gasteiger partial charge on any atom is -0.445 e. The highest BCUT2D eigenvalue weighted by atomic mass is 16.5. The number of alkyl carbamates (subject to hydrolysis) is 1. The lowest BCUT2D eigenvalue weighted by Gasteiger charge is -2.42. The van der Waals surface area contributed by atoms with E-state index in [2.05, 4.69) is 33.0 Å². The van der Waals surface area contributed by atoms with Gasteiger partial charge in [-0.25, -0.2) is 4.79 Å². The summed E-state index contributed by atoms with van der Waals surface area (Å²) in [6.07, 6.45) is 5.33. The topological polar surface area (TPSA) is 107 Å². The van der Waals surface area contributed by atoms with Crippen LogP contribution >= 0.6 is 0 Å². The SMILES string of the molecule is C[C@H](NC(=O)OCc1ccccc1)C(=O)N/C(=C/C(=N)C1(c2ccccc2)CCN(C2CC2)CC1)NC(C)(C)C. The van der Waals surface area contributed by atoms with Crippen LogP contribution in [-0.4, -0.2) is 53.3 Å². The number of likely N-dealkylation sites (tertiary alicyclic amines) is 1. The van der Waals surface area contributed by atoms with Gasteiger partial charge >= 0.3 is 6.09 Å². The number of hydrogen-bond donors (Lipinski definition) is 4. The van der Waals surface area contributed by atoms with Crippen molar-refractivity contribution in [3.63, 3.8) is 0 Å². The van der Waals surface area contributed by atoms with Crippen molar-refractivity contribution in [2.45, 2.75) is 83.0 Å². The number of carbonyl (C=O) groups is 2. The molecule has 1 aliphatic carbocycles. The van der Waals surface area contributed by atoms with E-state index in [1.807, 2.05) is 69.3 Å². The van der Waals surface area contributed by atoms with Crippen molar-refractivity contribution in [2.75, 3.05) is 13.1 Å². The Morgan fingerprint density at radius 2 is 1.65 bits per heavy atom. The molecule has 1 aliphatic heterocycles. The summed E-state index contributed by atoms with van der Waals surface area (Å²) < 4.78 is 5.27. The van der Waals surface area contributed by atoms with Gasteiger partial charge in [-0.15, -0.1) is 0 Å². The van der Waals surface area contributed by atoms with Gasteiger partial charge in [0.1, 0.15) is 18.5 Å². The number of nitrogens with zero attached hydrogens (tertiary/aromatic N) is 1. The number of carbonyl (C=O) groups excluding carboxylic acids is 2. The summed E-state index contributed by atoms with van der Waals surface area (Å²) in [6, 6.07) is 19.5. The second-order valence-corrected chi connectivity index (χ2v) is 12.0. The van der Waals surface area contributed by atoms with Gasteiger partial charge in [-0.1, -0.05) is 60.7 Å². The molecule has 2 fully saturated rings. The fraction of sp³-hybridized carbons (Fsp3) is 0.469. The van der Waals surface area contributed by atoms with Crippen molar-refractivity contribution in [2.24, 2.45) is 0 Å². The molecular formula is C32H43N5O3. The standard InChI is InChI=1S/C32H43N5O3/c1-23(34-30(39)40-22-24-11-7-5-8-12-24)29(38)35-28(36-31(2,3)4)21-27(33)32(25-13-9-6-10-14-25)17-19-37(20-18-32)26-15-16-26/h5-14,21,23,26,33,36H,15-20,22H2,1-4H3,(H,34,39)(H,35,38)/b28-21-,33-27?/t23-/m0/s1. The van der Waals surface area contributed by atoms with E-state index in [1.54, 1.807) is 13.0 Å². The number of hydrogen-bond acceptors (Lipinski definition) is 6. The molecule has 1 heterocycles. The number of benzene rings is 2. The van der Waals surface area contributed by atoms with Crippen LogP contribution in [0.25, 0.3) is 0 Å². The second kappa shape index (κ2) is 12.7. The van der Waals surface area contributed by atoms with Crippen LogP contribution in [0.4, 0.5) is 4.79 Å². The van der Waals surface area contributed by atoms with E-state index in [-0.39, 0.29) is 12.1 Å². The van der Waals surface area contributed by atoms with Crippen LogP contribution in [0, 0.1) is 5.41 Å². The summed E-state index contributed by atoms with van der Waals surface area (Å²) in [5, 5.41) is 18.2. The monoisotopic (exact) mass is 545 g/mol. The lowest BCUT2D eigenvalue weighted by atomic mass is 9.69. The molecule has 0 bridgehead atoms. The minimum absolute atomic E-state index is 0.120. The molecule has 8 nitrogen and oxygen atoms in total. The number of allylic oxidation sites excluding steroid dienone is 1. The zero-order valence-corrected chi connectivity index (χ0v) is 24.1. The van der Waals surface area contributed by atoms with Gasteiger partial charge in [-0.05, 0) is 77.6 Å². The predicted octanol–water partition coefficient (Wildman–Crippen LogP) is 4.86. The highest BCUT2D eigenvalue weighted by molar-refractivity contribution is 6.02. The number of amides is 2. The molecule has 0 radical (unpaired) electrons. The van der Waals surface area contributed by atoms with Crippen molar-refractivity contribution in [1.82, 2.24) is 20.9 Å². The number of rotatable bonds is 10. The highest BCUT2D eigenvalue weighted by Gasteiger charge is 2.42. The predicted molar refractivity (Wildman–Crippen MR) is 158 cm³/mol. The van der Waals surface area contributed by atoms with Crippen LogP contribution in [0.3, 0.4) is 0 Å². The maximum atomic E-state index is 13.1. The Labute approximate surface area is 238 Å². The van der Waals surface area contributed by atoms with Crippen LogP contribution in [0.2, 0.25) is 0 Å². The highest BCUT2D eigenvalue weighted by Crippen LogP contribution is 2.40. The molecule has 1 saturated heterocycles. The zero-order valence-electron chi connectivity index (χ0n) is 24.1. The number of piperidine rings is 1. The van der Waals surface area contributed by atoms with Gasteiger partial charge in [0.25, 0.3) is 0 Å². The van der Waals surface area contributed by atoms with E-state index in [1.165, 1.54) is 12.8 Å². The molecule has 214 valence electrons. The lowest BCUT2D eigenvalue weighted by Crippen LogP contribution is -2.50. The first kappa shape index (κ1) is 29.3. The number of nitrogens with one attached hydrogen (secondary N) is 4. The van der Waals surface area contributed by atoms with Crippen molar-refractivity contribution in [3.05, 3.63) is 83.7 Å². The first-order chi connectivity index (χ1) is 19.1. The third-order valence-corrected chi connectivity index (χ3v) is 7.55. The Bertz CT molecular complexity index is 1190. The molecule has 2 aromatic carbocycles. The average molecular weight is 546 g/mol. The fourth-order valence-corrected chi connectivity index (χ4v) is 5.22. The van der Waals surface area contributed by atoms with Gasteiger partial charge in [0.15, 0.2) is 0 Å². The van der Waals surface area contributed by atoms with Crippen LogP contribution in [0.1, 0.15) is 64.5 Å². The van der Waals surface area contributed by atoms with Gasteiger partial charge in [-0.3, -0.25) is 4.79 Å². The summed E-state index contributed by atoms with van der Waals surface area (Å²) in [7, 11) is 0. The Kier molecular flexibility index (Phi) is 9.30. The first-order valence-electron chi connectivity index (χ1n) is 14.2. The molecule has 1 atom stereocenters. The van der Waals surface area contributed by atoms with E-state index >= 15 is 0 Å². The quantitative estimate of drug-likeness (QED) is 0.319.